The smallest absolute Gasteiger partial charge is 0.153 e. The van der Waals surface area contributed by atoms with E-state index in [0.717, 1.165) is 12.0 Å². The number of benzene rings is 1. The van der Waals surface area contributed by atoms with Gasteiger partial charge >= 0.3 is 0 Å². The number of nitrogens with zero attached hydrogens (tertiary/aromatic N) is 1. The Bertz CT molecular complexity index is 714. The van der Waals surface area contributed by atoms with E-state index in [2.05, 4.69) is 17.2 Å². The van der Waals surface area contributed by atoms with Gasteiger partial charge in [0.2, 0.25) is 0 Å². The van der Waals surface area contributed by atoms with Crippen LogP contribution in [0.15, 0.2) is 46.4 Å². The maximum atomic E-state index is 13.8. The Morgan fingerprint density at radius 3 is 2.92 bits per heavy atom. The average molecular weight is 364 g/mol. The van der Waals surface area contributed by atoms with E-state index in [9.17, 15) is 13.9 Å². The monoisotopic (exact) mass is 364 g/mol. The Labute approximate surface area is 153 Å². The molecule has 1 aromatic rings. The van der Waals surface area contributed by atoms with E-state index in [4.69, 9.17) is 4.74 Å². The number of phenolic OH excluding ortho intramolecular Hbond substituents is 1. The first kappa shape index (κ1) is 20.1. The van der Waals surface area contributed by atoms with Crippen LogP contribution in [-0.4, -0.2) is 37.7 Å². The molecule has 0 saturated carbocycles. The Morgan fingerprint density at radius 1 is 1.46 bits per heavy atom. The van der Waals surface area contributed by atoms with E-state index in [1.807, 2.05) is 13.1 Å². The van der Waals surface area contributed by atoms with Crippen molar-refractivity contribution in [3.05, 3.63) is 47.0 Å². The summed E-state index contributed by atoms with van der Waals surface area (Å²) in [5.74, 6) is -0.290. The Hall–Kier alpha value is -2.21. The number of alkyl halides is 1. The van der Waals surface area contributed by atoms with Gasteiger partial charge in [0.15, 0.2) is 5.76 Å². The van der Waals surface area contributed by atoms with Crippen molar-refractivity contribution >= 4 is 11.9 Å². The highest BCUT2D eigenvalue weighted by Crippen LogP contribution is 2.31. The number of halogens is 2. The Balaban J connectivity index is 2.14. The topological polar surface area (TPSA) is 53.8 Å². The van der Waals surface area contributed by atoms with E-state index >= 15 is 0 Å². The number of nitrogens with one attached hydrogen (secondary N) is 1. The van der Waals surface area contributed by atoms with Gasteiger partial charge in [-0.1, -0.05) is 6.07 Å². The molecule has 0 spiro atoms. The predicted octanol–water partition coefficient (Wildman–Crippen LogP) is 4.52. The fourth-order valence-corrected chi connectivity index (χ4v) is 2.88. The van der Waals surface area contributed by atoms with Gasteiger partial charge in [-0.25, -0.2) is 8.78 Å². The third kappa shape index (κ3) is 5.14. The fourth-order valence-electron chi connectivity index (χ4n) is 2.88. The molecule has 0 radical (unpaired) electrons. The molecule has 0 amide bonds. The van der Waals surface area contributed by atoms with Crippen molar-refractivity contribution in [2.75, 3.05) is 14.2 Å². The fraction of sp³-hybridized carbons (Fsp3) is 0.450. The highest BCUT2D eigenvalue weighted by Gasteiger charge is 2.22. The molecule has 4 nitrogen and oxygen atoms in total. The third-order valence-electron chi connectivity index (χ3n) is 4.49. The van der Waals surface area contributed by atoms with Gasteiger partial charge < -0.3 is 15.2 Å². The van der Waals surface area contributed by atoms with Crippen molar-refractivity contribution < 1.29 is 18.6 Å². The minimum atomic E-state index is -1.35. The van der Waals surface area contributed by atoms with Crippen LogP contribution in [-0.2, 0) is 11.2 Å². The van der Waals surface area contributed by atoms with E-state index in [-0.39, 0.29) is 24.4 Å². The van der Waals surface area contributed by atoms with E-state index < -0.39 is 12.0 Å². The molecule has 2 rings (SSSR count). The summed E-state index contributed by atoms with van der Waals surface area (Å²) in [5, 5.41) is 13.3. The molecule has 26 heavy (non-hydrogen) atoms. The predicted molar refractivity (Wildman–Crippen MR) is 100 cm³/mol. The molecule has 1 aliphatic carbocycles. The first-order chi connectivity index (χ1) is 12.5. The van der Waals surface area contributed by atoms with E-state index in [1.54, 1.807) is 18.3 Å². The lowest BCUT2D eigenvalue weighted by atomic mass is 10.0. The van der Waals surface area contributed by atoms with Crippen molar-refractivity contribution in [1.29, 1.82) is 0 Å². The summed E-state index contributed by atoms with van der Waals surface area (Å²) in [6.45, 7) is 2.07. The largest absolute Gasteiger partial charge is 0.508 e. The Kier molecular flexibility index (Phi) is 7.33. The lowest BCUT2D eigenvalue weighted by molar-refractivity contribution is 0.262. The van der Waals surface area contributed by atoms with Crippen LogP contribution >= 0.6 is 0 Å². The van der Waals surface area contributed by atoms with Gasteiger partial charge in [-0.3, -0.25) is 4.99 Å². The van der Waals surface area contributed by atoms with Crippen LogP contribution in [0.2, 0.25) is 0 Å². The highest BCUT2D eigenvalue weighted by atomic mass is 19.1. The number of phenols is 1. The molecule has 2 N–H and O–H groups in total. The standard InChI is InChI=1S/C20H26F2N2O2/c1-13(23-2)7-8-16-18(5-4-6-19(16)25)24-10-9-14-11-15(21)12-17(22)20(14)26-3/h4-6,10-11,13,15,23,25H,7-9,12H2,1-3H3. The molecule has 1 aliphatic rings. The lowest BCUT2D eigenvalue weighted by Crippen LogP contribution is -2.21. The van der Waals surface area contributed by atoms with Crippen molar-refractivity contribution in [2.24, 2.45) is 4.99 Å². The van der Waals surface area contributed by atoms with Gasteiger partial charge in [0, 0.05) is 36.2 Å². The number of hydrogen-bond acceptors (Lipinski definition) is 4. The molecule has 1 aromatic carbocycles. The highest BCUT2D eigenvalue weighted by molar-refractivity contribution is 5.70. The molecule has 0 heterocycles. The molecule has 142 valence electrons. The van der Waals surface area contributed by atoms with Gasteiger partial charge in [-0.05, 0) is 45.0 Å². The van der Waals surface area contributed by atoms with Gasteiger partial charge in [-0.15, -0.1) is 0 Å². The van der Waals surface area contributed by atoms with E-state index in [1.165, 1.54) is 13.2 Å². The second kappa shape index (κ2) is 9.48. The van der Waals surface area contributed by atoms with Crippen LogP contribution in [0.5, 0.6) is 5.75 Å². The van der Waals surface area contributed by atoms with Crippen LogP contribution in [0.3, 0.4) is 0 Å². The third-order valence-corrected chi connectivity index (χ3v) is 4.49. The van der Waals surface area contributed by atoms with Gasteiger partial charge in [0.05, 0.1) is 12.8 Å². The maximum absolute atomic E-state index is 13.8. The summed E-state index contributed by atoms with van der Waals surface area (Å²) >= 11 is 0. The minimum Gasteiger partial charge on any atom is -0.508 e. The van der Waals surface area contributed by atoms with Crippen LogP contribution in [0.4, 0.5) is 14.5 Å². The molecule has 2 atom stereocenters. The number of ether oxygens (including phenoxy) is 1. The molecular formula is C20H26F2N2O2. The molecule has 0 aromatic heterocycles. The number of aliphatic imine (C=N–C) groups is 1. The molecule has 0 bridgehead atoms. The molecule has 0 fully saturated rings. The second-order valence-corrected chi connectivity index (χ2v) is 6.37. The second-order valence-electron chi connectivity index (χ2n) is 6.37. The number of rotatable bonds is 8. The quantitative estimate of drug-likeness (QED) is 0.667. The Morgan fingerprint density at radius 2 is 2.23 bits per heavy atom. The number of methoxy groups -OCH3 is 1. The van der Waals surface area contributed by atoms with Crippen LogP contribution < -0.4 is 5.32 Å². The van der Waals surface area contributed by atoms with Crippen molar-refractivity contribution in [1.82, 2.24) is 5.32 Å². The van der Waals surface area contributed by atoms with Crippen LogP contribution in [0.1, 0.15) is 31.7 Å². The van der Waals surface area contributed by atoms with Gasteiger partial charge in [0.1, 0.15) is 17.7 Å². The summed E-state index contributed by atoms with van der Waals surface area (Å²) < 4.78 is 32.4. The SMILES string of the molecule is CNC(C)CCc1c(O)cccc1N=CCC1=CC(F)CC(F)=C1OC. The summed E-state index contributed by atoms with van der Waals surface area (Å²) in [6.07, 6.45) is 3.10. The van der Waals surface area contributed by atoms with Gasteiger partial charge in [-0.2, -0.15) is 0 Å². The first-order valence-corrected chi connectivity index (χ1v) is 8.74. The van der Waals surface area contributed by atoms with Crippen molar-refractivity contribution in [3.63, 3.8) is 0 Å². The van der Waals surface area contributed by atoms with Crippen LogP contribution in [0, 0.1) is 0 Å². The molecule has 0 aliphatic heterocycles. The first-order valence-electron chi connectivity index (χ1n) is 8.74. The lowest BCUT2D eigenvalue weighted by Gasteiger charge is -2.17. The molecule has 6 heteroatoms. The van der Waals surface area contributed by atoms with Crippen LogP contribution in [0.25, 0.3) is 0 Å². The van der Waals surface area contributed by atoms with Gasteiger partial charge in [0.25, 0.3) is 0 Å². The van der Waals surface area contributed by atoms with Crippen molar-refractivity contribution in [3.8, 4) is 5.75 Å². The summed E-state index contributed by atoms with van der Waals surface area (Å²) in [6, 6.07) is 5.50. The number of hydrogen-bond donors (Lipinski definition) is 2. The van der Waals surface area contributed by atoms with Crippen molar-refractivity contribution in [2.45, 2.75) is 44.8 Å². The average Bonchev–Trinajstić information content (AvgIpc) is 2.60. The molecule has 2 unspecified atom stereocenters. The minimum absolute atomic E-state index is 0.0873. The number of aromatic hydroxyl groups is 1. The zero-order valence-electron chi connectivity index (χ0n) is 15.4. The zero-order chi connectivity index (χ0) is 19.1. The zero-order valence-corrected chi connectivity index (χ0v) is 15.4. The summed E-state index contributed by atoms with van der Waals surface area (Å²) in [5.41, 5.74) is 1.86. The normalized spacial score (nSPS) is 19.0. The molecular weight excluding hydrogens is 338 g/mol. The summed E-state index contributed by atoms with van der Waals surface area (Å²) in [4.78, 5) is 4.41. The number of allylic oxidation sites excluding steroid dienone is 3. The molecule has 0 saturated heterocycles. The summed E-state index contributed by atoms with van der Waals surface area (Å²) in [7, 11) is 3.26. The van der Waals surface area contributed by atoms with E-state index in [0.29, 0.717) is 23.7 Å². The maximum Gasteiger partial charge on any atom is 0.153 e.